The van der Waals surface area contributed by atoms with Gasteiger partial charge in [-0.25, -0.2) is 9.97 Å². The molecular weight excluding hydrogens is 460 g/mol. The molecule has 2 aliphatic carbocycles. The standard InChI is InChI=1S/C27H30N4O3S/c1-16(11-20-14-28-23-9-8-21(33-3)12-22(20)23)31(15-18-5-6-18)27(32)25-26(35-17(2)30-25)19-7-10-24(34-4)29-13-19/h7-8,10,12-14,16,18H,5-6,9,11,15H2,1-4H3. The molecule has 0 radical (unpaired) electrons. The van der Waals surface area contributed by atoms with E-state index >= 15 is 0 Å². The van der Waals surface area contributed by atoms with Crippen LogP contribution in [0.4, 0.5) is 0 Å². The third kappa shape index (κ3) is 4.93. The van der Waals surface area contributed by atoms with Gasteiger partial charge >= 0.3 is 0 Å². The van der Waals surface area contributed by atoms with Gasteiger partial charge in [-0.3, -0.25) is 9.79 Å². The molecule has 1 atom stereocenters. The van der Waals surface area contributed by atoms with Gasteiger partial charge in [0, 0.05) is 48.6 Å². The summed E-state index contributed by atoms with van der Waals surface area (Å²) in [6.07, 6.45) is 11.6. The maximum Gasteiger partial charge on any atom is 0.274 e. The van der Waals surface area contributed by atoms with Crippen LogP contribution in [0.25, 0.3) is 10.4 Å². The van der Waals surface area contributed by atoms with E-state index < -0.39 is 0 Å². The Morgan fingerprint density at radius 3 is 2.77 bits per heavy atom. The summed E-state index contributed by atoms with van der Waals surface area (Å²) in [7, 11) is 3.28. The summed E-state index contributed by atoms with van der Waals surface area (Å²) in [5.41, 5.74) is 4.73. The number of amides is 1. The maximum absolute atomic E-state index is 14.0. The van der Waals surface area contributed by atoms with Crippen molar-refractivity contribution in [2.75, 3.05) is 20.8 Å². The first-order valence-electron chi connectivity index (χ1n) is 12.0. The van der Waals surface area contributed by atoms with Crippen molar-refractivity contribution in [1.82, 2.24) is 14.9 Å². The predicted octanol–water partition coefficient (Wildman–Crippen LogP) is 5.35. The van der Waals surface area contributed by atoms with Crippen LogP contribution in [0.3, 0.4) is 0 Å². The fraction of sp³-hybridized carbons (Fsp3) is 0.407. The van der Waals surface area contributed by atoms with Crippen LogP contribution in [0.1, 0.15) is 48.1 Å². The number of pyridine rings is 1. The fourth-order valence-corrected chi connectivity index (χ4v) is 5.43. The SMILES string of the molecule is COC1=CCC2=NC=C(CC(C)N(CC3CC3)C(=O)c3nc(C)sc3-c3ccc(OC)nc3)C2=C1. The van der Waals surface area contributed by atoms with Gasteiger partial charge in [0.1, 0.15) is 11.5 Å². The van der Waals surface area contributed by atoms with Crippen molar-refractivity contribution in [1.29, 1.82) is 0 Å². The van der Waals surface area contributed by atoms with Crippen LogP contribution >= 0.6 is 11.3 Å². The second kappa shape index (κ2) is 9.77. The van der Waals surface area contributed by atoms with Crippen LogP contribution in [0, 0.1) is 12.8 Å². The van der Waals surface area contributed by atoms with E-state index in [9.17, 15) is 4.79 Å². The van der Waals surface area contributed by atoms with Crippen molar-refractivity contribution in [3.63, 3.8) is 0 Å². The van der Waals surface area contributed by atoms with Crippen LogP contribution in [0.15, 0.2) is 58.6 Å². The number of nitrogens with zero attached hydrogens (tertiary/aromatic N) is 4. The van der Waals surface area contributed by atoms with Gasteiger partial charge in [-0.2, -0.15) is 0 Å². The molecular formula is C27H30N4O3S. The van der Waals surface area contributed by atoms with Gasteiger partial charge in [-0.1, -0.05) is 0 Å². The first-order valence-corrected chi connectivity index (χ1v) is 12.8. The van der Waals surface area contributed by atoms with Crippen molar-refractivity contribution in [2.24, 2.45) is 10.9 Å². The van der Waals surface area contributed by atoms with Gasteiger partial charge < -0.3 is 14.4 Å². The van der Waals surface area contributed by atoms with Crippen molar-refractivity contribution >= 4 is 23.0 Å². The Balaban J connectivity index is 1.40. The number of aliphatic imine (C=N–C) groups is 1. The molecule has 2 aromatic heterocycles. The summed E-state index contributed by atoms with van der Waals surface area (Å²) in [4.78, 5) is 30.5. The molecule has 1 fully saturated rings. The minimum atomic E-state index is -0.0191. The second-order valence-corrected chi connectivity index (χ2v) is 10.5. The molecule has 3 heterocycles. The van der Waals surface area contributed by atoms with Gasteiger partial charge in [0.15, 0.2) is 0 Å². The van der Waals surface area contributed by atoms with Gasteiger partial charge in [0.2, 0.25) is 5.88 Å². The highest BCUT2D eigenvalue weighted by Crippen LogP contribution is 2.36. The molecule has 3 aliphatic rings. The number of fused-ring (bicyclic) bond motifs is 1. The topological polar surface area (TPSA) is 76.9 Å². The summed E-state index contributed by atoms with van der Waals surface area (Å²) in [6.45, 7) is 4.82. The van der Waals surface area contributed by atoms with Crippen LogP contribution in [0.5, 0.6) is 5.88 Å². The molecule has 1 amide bonds. The molecule has 7 nitrogen and oxygen atoms in total. The first-order chi connectivity index (χ1) is 17.0. The Hall–Kier alpha value is -3.26. The molecule has 5 rings (SSSR count). The Morgan fingerprint density at radius 1 is 1.26 bits per heavy atom. The van der Waals surface area contributed by atoms with Crippen molar-refractivity contribution in [3.8, 4) is 16.3 Å². The zero-order valence-corrected chi connectivity index (χ0v) is 21.4. The fourth-order valence-electron chi connectivity index (χ4n) is 4.53. The number of carbonyl (C=O) groups is 1. The highest BCUT2D eigenvalue weighted by molar-refractivity contribution is 7.15. The molecule has 0 bridgehead atoms. The van der Waals surface area contributed by atoms with Crippen molar-refractivity contribution < 1.29 is 14.3 Å². The van der Waals surface area contributed by atoms with Crippen LogP contribution in [-0.4, -0.2) is 53.3 Å². The average molecular weight is 491 g/mol. The lowest BCUT2D eigenvalue weighted by molar-refractivity contribution is 0.0677. The number of thiazole rings is 1. The zero-order valence-electron chi connectivity index (χ0n) is 20.6. The van der Waals surface area contributed by atoms with E-state index in [-0.39, 0.29) is 11.9 Å². The van der Waals surface area contributed by atoms with E-state index in [1.165, 1.54) is 24.2 Å². The number of aryl methyl sites for hydroxylation is 1. The summed E-state index contributed by atoms with van der Waals surface area (Å²) >= 11 is 1.53. The molecule has 0 N–H and O–H groups in total. The lowest BCUT2D eigenvalue weighted by Gasteiger charge is -2.30. The number of hydrogen-bond donors (Lipinski definition) is 0. The molecule has 0 aromatic carbocycles. The molecule has 1 unspecified atom stereocenters. The van der Waals surface area contributed by atoms with Crippen LogP contribution in [-0.2, 0) is 4.74 Å². The number of hydrogen-bond acceptors (Lipinski definition) is 7. The molecule has 35 heavy (non-hydrogen) atoms. The monoisotopic (exact) mass is 490 g/mol. The lowest BCUT2D eigenvalue weighted by atomic mass is 9.92. The van der Waals surface area contributed by atoms with Crippen molar-refractivity contribution in [2.45, 2.75) is 45.6 Å². The van der Waals surface area contributed by atoms with E-state index in [0.717, 1.165) is 57.5 Å². The second-order valence-electron chi connectivity index (χ2n) is 9.26. The van der Waals surface area contributed by atoms with E-state index in [1.807, 2.05) is 36.2 Å². The molecule has 0 spiro atoms. The largest absolute Gasteiger partial charge is 0.497 e. The number of methoxy groups -OCH3 is 2. The quantitative estimate of drug-likeness (QED) is 0.473. The number of ether oxygens (including phenoxy) is 2. The van der Waals surface area contributed by atoms with Crippen LogP contribution in [0.2, 0.25) is 0 Å². The Labute approximate surface area is 209 Å². The van der Waals surface area contributed by atoms with Gasteiger partial charge in [0.05, 0.1) is 29.8 Å². The summed E-state index contributed by atoms with van der Waals surface area (Å²) in [5.74, 6) is 1.95. The number of allylic oxidation sites excluding steroid dienone is 3. The van der Waals surface area contributed by atoms with Crippen molar-refractivity contribution in [3.05, 3.63) is 64.3 Å². The normalized spacial score (nSPS) is 17.6. The van der Waals surface area contributed by atoms with E-state index in [1.54, 1.807) is 20.4 Å². The smallest absolute Gasteiger partial charge is 0.274 e. The molecule has 182 valence electrons. The van der Waals surface area contributed by atoms with Gasteiger partial charge in [-0.05, 0) is 62.8 Å². The zero-order chi connectivity index (χ0) is 24.5. The minimum absolute atomic E-state index is 0.00514. The summed E-state index contributed by atoms with van der Waals surface area (Å²) in [6, 6.07) is 3.75. The van der Waals surface area contributed by atoms with E-state index in [0.29, 0.717) is 17.5 Å². The number of rotatable bonds is 9. The number of aromatic nitrogens is 2. The maximum atomic E-state index is 14.0. The van der Waals surface area contributed by atoms with Crippen LogP contribution < -0.4 is 4.74 Å². The lowest BCUT2D eigenvalue weighted by Crippen LogP contribution is -2.41. The van der Waals surface area contributed by atoms with Gasteiger partial charge in [0.25, 0.3) is 5.91 Å². The molecule has 8 heteroatoms. The minimum Gasteiger partial charge on any atom is -0.497 e. The third-order valence-electron chi connectivity index (χ3n) is 6.66. The Kier molecular flexibility index (Phi) is 6.56. The molecule has 1 saturated carbocycles. The molecule has 2 aromatic rings. The predicted molar refractivity (Wildman–Crippen MR) is 138 cm³/mol. The summed E-state index contributed by atoms with van der Waals surface area (Å²) in [5, 5.41) is 0.862. The van der Waals surface area contributed by atoms with E-state index in [4.69, 9.17) is 9.47 Å². The highest BCUT2D eigenvalue weighted by Gasteiger charge is 2.34. The van der Waals surface area contributed by atoms with Gasteiger partial charge in [-0.15, -0.1) is 11.3 Å². The highest BCUT2D eigenvalue weighted by atomic mass is 32.1. The molecule has 0 saturated heterocycles. The molecule has 1 aliphatic heterocycles. The Bertz CT molecular complexity index is 1250. The van der Waals surface area contributed by atoms with E-state index in [2.05, 4.69) is 28.0 Å². The third-order valence-corrected chi connectivity index (χ3v) is 7.68. The summed E-state index contributed by atoms with van der Waals surface area (Å²) < 4.78 is 10.6. The number of carbonyl (C=O) groups excluding carboxylic acids is 1. The average Bonchev–Trinajstić information content (AvgIpc) is 3.50. The first kappa shape index (κ1) is 23.5. The Morgan fingerprint density at radius 2 is 2.09 bits per heavy atom.